The lowest BCUT2D eigenvalue weighted by molar-refractivity contribution is 0.481. The van der Waals surface area contributed by atoms with Gasteiger partial charge in [-0.2, -0.15) is 5.10 Å². The van der Waals surface area contributed by atoms with Gasteiger partial charge in [0.15, 0.2) is 0 Å². The Labute approximate surface area is 217 Å². The summed E-state index contributed by atoms with van der Waals surface area (Å²) in [6, 6.07) is 35.2. The highest BCUT2D eigenvalue weighted by Gasteiger charge is 2.18. The minimum atomic E-state index is 0.0686. The summed E-state index contributed by atoms with van der Waals surface area (Å²) in [5.74, 6) is 1.55. The van der Waals surface area contributed by atoms with Crippen molar-refractivity contribution in [1.29, 1.82) is 0 Å². The number of nitrogens with zero attached hydrogens (tertiary/aromatic N) is 3. The summed E-state index contributed by atoms with van der Waals surface area (Å²) >= 11 is 0. The first-order chi connectivity index (χ1) is 18.1. The van der Waals surface area contributed by atoms with E-state index in [0.717, 1.165) is 39.6 Å². The van der Waals surface area contributed by atoms with Crippen molar-refractivity contribution in [3.8, 4) is 39.4 Å². The van der Waals surface area contributed by atoms with E-state index < -0.39 is 0 Å². The Kier molecular flexibility index (Phi) is 5.99. The zero-order chi connectivity index (χ0) is 25.2. The number of hydrogen-bond donors (Lipinski definition) is 0. The summed E-state index contributed by atoms with van der Waals surface area (Å²) in [5.41, 5.74) is 8.99. The molecule has 0 fully saturated rings. The molecule has 1 aliphatic heterocycles. The molecular formula is C33H27N3O. The lowest BCUT2D eigenvalue weighted by Gasteiger charge is -2.13. The molecule has 2 heterocycles. The van der Waals surface area contributed by atoms with Crippen LogP contribution in [0.5, 0.6) is 11.5 Å². The summed E-state index contributed by atoms with van der Waals surface area (Å²) in [5, 5.41) is 4.61. The fourth-order valence-electron chi connectivity index (χ4n) is 4.76. The minimum absolute atomic E-state index is 0.0686. The first kappa shape index (κ1) is 22.7. The first-order valence-electron chi connectivity index (χ1n) is 12.4. The zero-order valence-electron chi connectivity index (χ0n) is 20.9. The van der Waals surface area contributed by atoms with Gasteiger partial charge >= 0.3 is 0 Å². The maximum absolute atomic E-state index is 6.24. The van der Waals surface area contributed by atoms with E-state index in [1.54, 1.807) is 0 Å². The molecule has 1 unspecified atom stereocenters. The second-order valence-corrected chi connectivity index (χ2v) is 9.35. The van der Waals surface area contributed by atoms with Gasteiger partial charge < -0.3 is 4.74 Å². The smallest absolute Gasteiger partial charge is 0.129 e. The van der Waals surface area contributed by atoms with Crippen molar-refractivity contribution in [2.75, 3.05) is 0 Å². The van der Waals surface area contributed by atoms with Crippen molar-refractivity contribution in [1.82, 2.24) is 9.78 Å². The topological polar surface area (TPSA) is 39.4 Å². The SMILES string of the molecule is CC1=CC(C)=NC1c1cccc(Oc2cccc(-n3cc(-c4ccc(-c5ccccc5)cc4)cn3)c2)c1. The van der Waals surface area contributed by atoms with Crippen molar-refractivity contribution >= 4 is 5.71 Å². The molecule has 0 spiro atoms. The van der Waals surface area contributed by atoms with Crippen LogP contribution in [0.2, 0.25) is 0 Å². The fraction of sp³-hybridized carbons (Fsp3) is 0.0909. The van der Waals surface area contributed by atoms with Gasteiger partial charge in [-0.3, -0.25) is 4.99 Å². The van der Waals surface area contributed by atoms with Crippen LogP contribution in [0.1, 0.15) is 25.5 Å². The third-order valence-electron chi connectivity index (χ3n) is 6.60. The molecule has 1 aliphatic rings. The van der Waals surface area contributed by atoms with Gasteiger partial charge in [0.2, 0.25) is 0 Å². The van der Waals surface area contributed by atoms with E-state index in [2.05, 4.69) is 78.8 Å². The van der Waals surface area contributed by atoms with E-state index in [-0.39, 0.29) is 6.04 Å². The predicted octanol–water partition coefficient (Wildman–Crippen LogP) is 8.46. The van der Waals surface area contributed by atoms with E-state index in [9.17, 15) is 0 Å². The normalized spacial score (nSPS) is 14.8. The first-order valence-corrected chi connectivity index (χ1v) is 12.4. The van der Waals surface area contributed by atoms with Crippen LogP contribution in [-0.4, -0.2) is 15.5 Å². The van der Waals surface area contributed by atoms with Crippen LogP contribution in [0.4, 0.5) is 0 Å². The van der Waals surface area contributed by atoms with E-state index in [1.165, 1.54) is 16.7 Å². The molecule has 0 radical (unpaired) electrons. The minimum Gasteiger partial charge on any atom is -0.457 e. The number of aliphatic imine (C=N–C) groups is 1. The molecule has 0 amide bonds. The molecule has 0 bridgehead atoms. The molecule has 6 rings (SSSR count). The van der Waals surface area contributed by atoms with Crippen molar-refractivity contribution in [3.63, 3.8) is 0 Å². The number of allylic oxidation sites excluding steroid dienone is 1. The maximum Gasteiger partial charge on any atom is 0.129 e. The second-order valence-electron chi connectivity index (χ2n) is 9.35. The third-order valence-corrected chi connectivity index (χ3v) is 6.60. The van der Waals surface area contributed by atoms with Gasteiger partial charge in [-0.1, -0.05) is 72.8 Å². The molecule has 180 valence electrons. The highest BCUT2D eigenvalue weighted by atomic mass is 16.5. The molecule has 0 aliphatic carbocycles. The van der Waals surface area contributed by atoms with Gasteiger partial charge in [-0.15, -0.1) is 0 Å². The number of rotatable bonds is 6. The number of ether oxygens (including phenoxy) is 1. The van der Waals surface area contributed by atoms with E-state index in [0.29, 0.717) is 0 Å². The maximum atomic E-state index is 6.24. The zero-order valence-corrected chi connectivity index (χ0v) is 20.9. The molecule has 4 aromatic carbocycles. The monoisotopic (exact) mass is 481 g/mol. The molecule has 1 aromatic heterocycles. The van der Waals surface area contributed by atoms with Gasteiger partial charge in [0.05, 0.1) is 17.9 Å². The quantitative estimate of drug-likeness (QED) is 0.244. The molecular weight excluding hydrogens is 454 g/mol. The van der Waals surface area contributed by atoms with Crippen molar-refractivity contribution in [2.24, 2.45) is 4.99 Å². The van der Waals surface area contributed by atoms with E-state index in [1.807, 2.05) is 66.5 Å². The van der Waals surface area contributed by atoms with Crippen LogP contribution in [-0.2, 0) is 0 Å². The molecule has 37 heavy (non-hydrogen) atoms. The Bertz CT molecular complexity index is 1610. The largest absolute Gasteiger partial charge is 0.457 e. The van der Waals surface area contributed by atoms with Crippen LogP contribution in [0.15, 0.2) is 132 Å². The second kappa shape index (κ2) is 9.75. The van der Waals surface area contributed by atoms with Crippen LogP contribution < -0.4 is 4.74 Å². The van der Waals surface area contributed by atoms with Crippen LogP contribution in [0.25, 0.3) is 27.9 Å². The molecule has 1 atom stereocenters. The van der Waals surface area contributed by atoms with Crippen LogP contribution >= 0.6 is 0 Å². The van der Waals surface area contributed by atoms with Crippen LogP contribution in [0, 0.1) is 0 Å². The van der Waals surface area contributed by atoms with Gasteiger partial charge in [0, 0.05) is 23.5 Å². The van der Waals surface area contributed by atoms with Gasteiger partial charge in [-0.05, 0) is 72.0 Å². The molecule has 0 saturated heterocycles. The molecule has 4 heteroatoms. The Morgan fingerprint density at radius 2 is 1.35 bits per heavy atom. The average molecular weight is 482 g/mol. The van der Waals surface area contributed by atoms with Gasteiger partial charge in [0.25, 0.3) is 0 Å². The summed E-state index contributed by atoms with van der Waals surface area (Å²) < 4.78 is 8.12. The van der Waals surface area contributed by atoms with Crippen molar-refractivity contribution < 1.29 is 4.74 Å². The standard InChI is InChI=1S/C33H27N3O/c1-23-18-24(2)35-33(23)28-10-6-12-31(19-28)37-32-13-7-11-30(20-32)36-22-29(21-34-36)27-16-14-26(15-17-27)25-8-4-3-5-9-25/h3-22,33H,1-2H3. The average Bonchev–Trinajstić information content (AvgIpc) is 3.56. The molecule has 0 saturated carbocycles. The van der Waals surface area contributed by atoms with Gasteiger partial charge in [-0.25, -0.2) is 4.68 Å². The number of aromatic nitrogens is 2. The molecule has 0 N–H and O–H groups in total. The summed E-state index contributed by atoms with van der Waals surface area (Å²) in [6.45, 7) is 4.16. The third kappa shape index (κ3) is 4.87. The Balaban J connectivity index is 1.20. The Morgan fingerprint density at radius 1 is 0.676 bits per heavy atom. The summed E-state index contributed by atoms with van der Waals surface area (Å²) in [4.78, 5) is 4.75. The van der Waals surface area contributed by atoms with Crippen molar-refractivity contribution in [2.45, 2.75) is 19.9 Å². The lowest BCUT2D eigenvalue weighted by Crippen LogP contribution is -1.96. The molecule has 4 nitrogen and oxygen atoms in total. The predicted molar refractivity (Wildman–Crippen MR) is 151 cm³/mol. The van der Waals surface area contributed by atoms with Gasteiger partial charge in [0.1, 0.15) is 11.5 Å². The highest BCUT2D eigenvalue weighted by Crippen LogP contribution is 2.33. The Morgan fingerprint density at radius 3 is 2.08 bits per heavy atom. The van der Waals surface area contributed by atoms with E-state index in [4.69, 9.17) is 9.73 Å². The fourth-order valence-corrected chi connectivity index (χ4v) is 4.76. The number of benzene rings is 4. The van der Waals surface area contributed by atoms with E-state index >= 15 is 0 Å². The lowest BCUT2D eigenvalue weighted by atomic mass is 10.0. The van der Waals surface area contributed by atoms with Crippen molar-refractivity contribution in [3.05, 3.63) is 133 Å². The summed E-state index contributed by atoms with van der Waals surface area (Å²) in [7, 11) is 0. The van der Waals surface area contributed by atoms with Crippen LogP contribution in [0.3, 0.4) is 0 Å². The number of hydrogen-bond acceptors (Lipinski definition) is 3. The Hall–Kier alpha value is -4.70. The molecule has 5 aromatic rings. The highest BCUT2D eigenvalue weighted by molar-refractivity contribution is 5.95. The summed E-state index contributed by atoms with van der Waals surface area (Å²) in [6.07, 6.45) is 6.08.